The van der Waals surface area contributed by atoms with Crippen LogP contribution < -0.4 is 5.32 Å². The van der Waals surface area contributed by atoms with Crippen molar-refractivity contribution in [1.29, 1.82) is 0 Å². The van der Waals surface area contributed by atoms with Gasteiger partial charge in [0.15, 0.2) is 0 Å². The number of hydrogen-bond donors (Lipinski definition) is 1. The number of amides is 1. The lowest BCUT2D eigenvalue weighted by atomic mass is 10.0. The lowest BCUT2D eigenvalue weighted by Gasteiger charge is -2.32. The SMILES string of the molecule is C[C@@H]1c2ccsc2CCN1CC(=O)Nc1cccc(I)c1. The van der Waals surface area contributed by atoms with E-state index in [2.05, 4.69) is 51.2 Å². The highest BCUT2D eigenvalue weighted by molar-refractivity contribution is 14.1. The first kappa shape index (κ1) is 15.0. The molecular formula is C16H17IN2OS. The Labute approximate surface area is 142 Å². The Hall–Kier alpha value is -0.920. The molecule has 1 N–H and O–H groups in total. The predicted octanol–water partition coefficient (Wildman–Crippen LogP) is 3.91. The molecule has 1 aromatic heterocycles. The summed E-state index contributed by atoms with van der Waals surface area (Å²) in [6.45, 7) is 3.58. The molecule has 1 atom stereocenters. The van der Waals surface area contributed by atoms with Crippen LogP contribution in [0.2, 0.25) is 0 Å². The molecule has 0 aliphatic carbocycles. The van der Waals surface area contributed by atoms with Crippen LogP contribution in [0, 0.1) is 3.57 Å². The largest absolute Gasteiger partial charge is 0.325 e. The summed E-state index contributed by atoms with van der Waals surface area (Å²) in [5.74, 6) is 0.0579. The Kier molecular flexibility index (Phi) is 4.61. The molecule has 3 nitrogen and oxygen atoms in total. The van der Waals surface area contributed by atoms with Crippen molar-refractivity contribution in [2.75, 3.05) is 18.4 Å². The highest BCUT2D eigenvalue weighted by atomic mass is 127. The van der Waals surface area contributed by atoms with E-state index in [9.17, 15) is 4.79 Å². The van der Waals surface area contributed by atoms with Crippen LogP contribution in [0.4, 0.5) is 5.69 Å². The van der Waals surface area contributed by atoms with Gasteiger partial charge in [-0.25, -0.2) is 0 Å². The molecule has 0 spiro atoms. The van der Waals surface area contributed by atoms with Gasteiger partial charge >= 0.3 is 0 Å². The van der Waals surface area contributed by atoms with Gasteiger partial charge < -0.3 is 5.32 Å². The fourth-order valence-electron chi connectivity index (χ4n) is 2.73. The number of carbonyl (C=O) groups is 1. The van der Waals surface area contributed by atoms with Crippen LogP contribution in [0.3, 0.4) is 0 Å². The third kappa shape index (κ3) is 3.46. The number of thiophene rings is 1. The van der Waals surface area contributed by atoms with Crippen LogP contribution >= 0.6 is 33.9 Å². The zero-order valence-electron chi connectivity index (χ0n) is 11.8. The van der Waals surface area contributed by atoms with Crippen molar-refractivity contribution < 1.29 is 4.79 Å². The van der Waals surface area contributed by atoms with Gasteiger partial charge in [-0.1, -0.05) is 6.07 Å². The van der Waals surface area contributed by atoms with Crippen LogP contribution in [-0.4, -0.2) is 23.9 Å². The summed E-state index contributed by atoms with van der Waals surface area (Å²) < 4.78 is 1.12. The third-order valence-corrected chi connectivity index (χ3v) is 5.53. The normalized spacial score (nSPS) is 18.3. The molecule has 0 unspecified atom stereocenters. The van der Waals surface area contributed by atoms with Gasteiger partial charge in [0.25, 0.3) is 0 Å². The fraction of sp³-hybridized carbons (Fsp3) is 0.312. The Morgan fingerprint density at radius 3 is 3.14 bits per heavy atom. The first-order chi connectivity index (χ1) is 10.1. The average molecular weight is 412 g/mol. The van der Waals surface area contributed by atoms with Gasteiger partial charge in [0, 0.05) is 26.7 Å². The molecule has 5 heteroatoms. The molecule has 3 rings (SSSR count). The van der Waals surface area contributed by atoms with Crippen LogP contribution in [-0.2, 0) is 11.2 Å². The minimum Gasteiger partial charge on any atom is -0.325 e. The van der Waals surface area contributed by atoms with Crippen LogP contribution in [0.1, 0.15) is 23.4 Å². The first-order valence-electron chi connectivity index (χ1n) is 6.99. The molecule has 2 heterocycles. The summed E-state index contributed by atoms with van der Waals surface area (Å²) >= 11 is 4.08. The molecule has 2 aromatic rings. The average Bonchev–Trinajstić information content (AvgIpc) is 2.91. The van der Waals surface area contributed by atoms with Crippen molar-refractivity contribution in [1.82, 2.24) is 4.90 Å². The molecule has 1 aromatic carbocycles. The predicted molar refractivity (Wildman–Crippen MR) is 95.8 cm³/mol. The highest BCUT2D eigenvalue weighted by Crippen LogP contribution is 2.32. The smallest absolute Gasteiger partial charge is 0.238 e. The van der Waals surface area contributed by atoms with Gasteiger partial charge in [-0.15, -0.1) is 11.3 Å². The first-order valence-corrected chi connectivity index (χ1v) is 8.95. The molecule has 1 amide bonds. The third-order valence-electron chi connectivity index (χ3n) is 3.86. The van der Waals surface area contributed by atoms with Crippen LogP contribution in [0.15, 0.2) is 35.7 Å². The zero-order chi connectivity index (χ0) is 14.8. The van der Waals surface area contributed by atoms with E-state index < -0.39 is 0 Å². The Balaban J connectivity index is 1.63. The van der Waals surface area contributed by atoms with Gasteiger partial charge in [-0.05, 0) is 71.1 Å². The van der Waals surface area contributed by atoms with Gasteiger partial charge in [-0.2, -0.15) is 0 Å². The number of fused-ring (bicyclic) bond motifs is 1. The number of benzene rings is 1. The van der Waals surface area contributed by atoms with Crippen molar-refractivity contribution in [3.8, 4) is 0 Å². The van der Waals surface area contributed by atoms with Crippen molar-refractivity contribution in [3.63, 3.8) is 0 Å². The summed E-state index contributed by atoms with van der Waals surface area (Å²) in [6.07, 6.45) is 1.05. The van der Waals surface area contributed by atoms with E-state index >= 15 is 0 Å². The summed E-state index contributed by atoms with van der Waals surface area (Å²) in [5, 5.41) is 5.14. The maximum atomic E-state index is 12.2. The minimum atomic E-state index is 0.0579. The summed E-state index contributed by atoms with van der Waals surface area (Å²) in [6, 6.07) is 10.4. The Morgan fingerprint density at radius 2 is 2.33 bits per heavy atom. The van der Waals surface area contributed by atoms with Gasteiger partial charge in [-0.3, -0.25) is 9.69 Å². The molecule has 0 bridgehead atoms. The van der Waals surface area contributed by atoms with Crippen molar-refractivity contribution in [3.05, 3.63) is 49.7 Å². The zero-order valence-corrected chi connectivity index (χ0v) is 14.8. The Morgan fingerprint density at radius 1 is 1.48 bits per heavy atom. The number of nitrogens with zero attached hydrogens (tertiary/aromatic N) is 1. The van der Waals surface area contributed by atoms with E-state index in [0.29, 0.717) is 12.6 Å². The summed E-state index contributed by atoms with van der Waals surface area (Å²) in [4.78, 5) is 16.0. The monoisotopic (exact) mass is 412 g/mol. The van der Waals surface area contributed by atoms with Crippen LogP contribution in [0.25, 0.3) is 0 Å². The lowest BCUT2D eigenvalue weighted by molar-refractivity contribution is -0.117. The molecule has 0 radical (unpaired) electrons. The van der Waals surface area contributed by atoms with E-state index in [-0.39, 0.29) is 5.91 Å². The van der Waals surface area contributed by atoms with Crippen molar-refractivity contribution in [2.45, 2.75) is 19.4 Å². The van der Waals surface area contributed by atoms with Gasteiger partial charge in [0.2, 0.25) is 5.91 Å². The van der Waals surface area contributed by atoms with E-state index in [1.807, 2.05) is 35.6 Å². The molecule has 1 aliphatic heterocycles. The van der Waals surface area contributed by atoms with Crippen LogP contribution in [0.5, 0.6) is 0 Å². The maximum absolute atomic E-state index is 12.2. The van der Waals surface area contributed by atoms with E-state index in [1.165, 1.54) is 10.4 Å². The summed E-state index contributed by atoms with van der Waals surface area (Å²) in [5.41, 5.74) is 2.25. The highest BCUT2D eigenvalue weighted by Gasteiger charge is 2.26. The van der Waals surface area contributed by atoms with E-state index in [1.54, 1.807) is 0 Å². The fourth-order valence-corrected chi connectivity index (χ4v) is 4.23. The maximum Gasteiger partial charge on any atom is 0.238 e. The summed E-state index contributed by atoms with van der Waals surface area (Å²) in [7, 11) is 0. The number of anilines is 1. The second-order valence-corrected chi connectivity index (χ2v) is 7.50. The number of halogens is 1. The van der Waals surface area contributed by atoms with E-state index in [4.69, 9.17) is 0 Å². The topological polar surface area (TPSA) is 32.3 Å². The minimum absolute atomic E-state index is 0.0579. The molecular weight excluding hydrogens is 395 g/mol. The second-order valence-electron chi connectivity index (χ2n) is 5.25. The standard InChI is InChI=1S/C16H17IN2OS/c1-11-14-6-8-21-15(14)5-7-19(11)10-16(20)18-13-4-2-3-12(17)9-13/h2-4,6,8-9,11H,5,7,10H2,1H3,(H,18,20)/t11-/m1/s1. The quantitative estimate of drug-likeness (QED) is 0.776. The number of hydrogen-bond acceptors (Lipinski definition) is 3. The van der Waals surface area contributed by atoms with Crippen molar-refractivity contribution >= 4 is 45.5 Å². The molecule has 0 saturated carbocycles. The Bertz CT molecular complexity index is 655. The molecule has 110 valence electrons. The molecule has 0 saturated heterocycles. The van der Waals surface area contributed by atoms with Crippen molar-refractivity contribution in [2.24, 2.45) is 0 Å². The number of carbonyl (C=O) groups excluding carboxylic acids is 1. The molecule has 1 aliphatic rings. The van der Waals surface area contributed by atoms with E-state index in [0.717, 1.165) is 22.2 Å². The van der Waals surface area contributed by atoms with Gasteiger partial charge in [0.05, 0.1) is 6.54 Å². The van der Waals surface area contributed by atoms with Gasteiger partial charge in [0.1, 0.15) is 0 Å². The second kappa shape index (κ2) is 6.46. The molecule has 0 fully saturated rings. The number of rotatable bonds is 3. The number of nitrogens with one attached hydrogen (secondary N) is 1. The molecule has 21 heavy (non-hydrogen) atoms. The lowest BCUT2D eigenvalue weighted by Crippen LogP contribution is -2.39.